The fraction of sp³-hybridized carbons (Fsp3) is 0.600. The second kappa shape index (κ2) is 8.92. The van der Waals surface area contributed by atoms with Crippen molar-refractivity contribution in [3.05, 3.63) is 29.8 Å². The van der Waals surface area contributed by atoms with Gasteiger partial charge >= 0.3 is 6.03 Å². The number of ether oxygens (including phenoxy) is 1. The molecule has 3 amide bonds. The monoisotopic (exact) mass is 361 g/mol. The zero-order chi connectivity index (χ0) is 19.2. The minimum Gasteiger partial charge on any atom is -0.484 e. The van der Waals surface area contributed by atoms with Gasteiger partial charge in [-0.05, 0) is 36.5 Å². The molecule has 0 aliphatic carbocycles. The van der Waals surface area contributed by atoms with Gasteiger partial charge in [-0.15, -0.1) is 0 Å². The van der Waals surface area contributed by atoms with Gasteiger partial charge in [0.15, 0.2) is 6.61 Å². The fourth-order valence-electron chi connectivity index (χ4n) is 2.76. The van der Waals surface area contributed by atoms with Crippen molar-refractivity contribution in [2.24, 2.45) is 5.41 Å². The van der Waals surface area contributed by atoms with E-state index in [-0.39, 0.29) is 24.0 Å². The van der Waals surface area contributed by atoms with Gasteiger partial charge in [0.25, 0.3) is 5.91 Å². The number of benzene rings is 1. The largest absolute Gasteiger partial charge is 0.484 e. The first-order valence-electron chi connectivity index (χ1n) is 9.25. The number of aryl methyl sites for hydroxylation is 1. The van der Waals surface area contributed by atoms with Gasteiger partial charge in [-0.1, -0.05) is 32.9 Å². The SMILES string of the molecule is Cc1cccc(OCC(=O)N2CCCN(C(=O)NCC(C)(C)C)CC2)c1. The number of amides is 3. The van der Waals surface area contributed by atoms with Crippen molar-refractivity contribution in [3.8, 4) is 5.75 Å². The number of urea groups is 1. The summed E-state index contributed by atoms with van der Waals surface area (Å²) in [6.07, 6.45) is 0.777. The van der Waals surface area contributed by atoms with Crippen molar-refractivity contribution in [2.75, 3.05) is 39.3 Å². The number of nitrogens with one attached hydrogen (secondary N) is 1. The third-order valence-corrected chi connectivity index (χ3v) is 4.26. The first-order chi connectivity index (χ1) is 12.2. The molecule has 0 radical (unpaired) electrons. The van der Waals surface area contributed by atoms with Crippen LogP contribution in [0.2, 0.25) is 0 Å². The number of nitrogens with zero attached hydrogens (tertiary/aromatic N) is 2. The maximum absolute atomic E-state index is 12.4. The molecule has 1 aliphatic rings. The lowest BCUT2D eigenvalue weighted by atomic mass is 9.97. The third kappa shape index (κ3) is 6.58. The first-order valence-corrected chi connectivity index (χ1v) is 9.25. The van der Waals surface area contributed by atoms with Gasteiger partial charge < -0.3 is 19.9 Å². The Morgan fingerprint density at radius 1 is 1.12 bits per heavy atom. The molecule has 6 nitrogen and oxygen atoms in total. The van der Waals surface area contributed by atoms with Crippen LogP contribution in [-0.4, -0.2) is 61.1 Å². The summed E-state index contributed by atoms with van der Waals surface area (Å²) in [6.45, 7) is 11.3. The van der Waals surface area contributed by atoms with E-state index in [4.69, 9.17) is 4.74 Å². The van der Waals surface area contributed by atoms with Crippen LogP contribution in [0.15, 0.2) is 24.3 Å². The van der Waals surface area contributed by atoms with E-state index in [1.807, 2.05) is 31.2 Å². The van der Waals surface area contributed by atoms with E-state index in [2.05, 4.69) is 26.1 Å². The van der Waals surface area contributed by atoms with Crippen LogP contribution >= 0.6 is 0 Å². The van der Waals surface area contributed by atoms with Crippen molar-refractivity contribution >= 4 is 11.9 Å². The van der Waals surface area contributed by atoms with Crippen molar-refractivity contribution < 1.29 is 14.3 Å². The number of hydrogen-bond acceptors (Lipinski definition) is 3. The molecule has 0 saturated carbocycles. The average Bonchev–Trinajstić information content (AvgIpc) is 2.83. The van der Waals surface area contributed by atoms with E-state index in [1.165, 1.54) is 0 Å². The van der Waals surface area contributed by atoms with Gasteiger partial charge in [0.2, 0.25) is 0 Å². The van der Waals surface area contributed by atoms with Crippen molar-refractivity contribution in [3.63, 3.8) is 0 Å². The molecule has 1 heterocycles. The van der Waals surface area contributed by atoms with Crippen LogP contribution in [0.1, 0.15) is 32.8 Å². The molecule has 0 aromatic heterocycles. The topological polar surface area (TPSA) is 61.9 Å². The predicted molar refractivity (Wildman–Crippen MR) is 102 cm³/mol. The summed E-state index contributed by atoms with van der Waals surface area (Å²) >= 11 is 0. The second-order valence-electron chi connectivity index (χ2n) is 8.05. The van der Waals surface area contributed by atoms with E-state index in [1.54, 1.807) is 9.80 Å². The number of carbonyl (C=O) groups is 2. The summed E-state index contributed by atoms with van der Waals surface area (Å²) in [5.41, 5.74) is 1.15. The molecule has 1 aromatic rings. The lowest BCUT2D eigenvalue weighted by Crippen LogP contribution is -2.45. The van der Waals surface area contributed by atoms with Crippen LogP contribution in [0.5, 0.6) is 5.75 Å². The Morgan fingerprint density at radius 3 is 2.50 bits per heavy atom. The van der Waals surface area contributed by atoms with Gasteiger partial charge in [-0.2, -0.15) is 0 Å². The van der Waals surface area contributed by atoms with Crippen molar-refractivity contribution in [1.82, 2.24) is 15.1 Å². The number of hydrogen-bond donors (Lipinski definition) is 1. The predicted octanol–water partition coefficient (Wildman–Crippen LogP) is 2.66. The van der Waals surface area contributed by atoms with E-state index >= 15 is 0 Å². The highest BCUT2D eigenvalue weighted by Crippen LogP contribution is 2.13. The van der Waals surface area contributed by atoms with Gasteiger partial charge in [0.05, 0.1) is 0 Å². The smallest absolute Gasteiger partial charge is 0.317 e. The normalized spacial score (nSPS) is 15.4. The average molecular weight is 361 g/mol. The molecule has 0 spiro atoms. The highest BCUT2D eigenvalue weighted by Gasteiger charge is 2.23. The van der Waals surface area contributed by atoms with E-state index < -0.39 is 0 Å². The standard InChI is InChI=1S/C20H31N3O3/c1-16-7-5-8-17(13-16)26-14-18(24)22-9-6-10-23(12-11-22)19(25)21-15-20(2,3)4/h5,7-8,13H,6,9-12,14-15H2,1-4H3,(H,21,25). The lowest BCUT2D eigenvalue weighted by Gasteiger charge is -2.25. The van der Waals surface area contributed by atoms with Crippen molar-refractivity contribution in [2.45, 2.75) is 34.1 Å². The van der Waals surface area contributed by atoms with Gasteiger partial charge in [-0.3, -0.25) is 4.79 Å². The molecular formula is C20H31N3O3. The van der Waals surface area contributed by atoms with Crippen molar-refractivity contribution in [1.29, 1.82) is 0 Å². The zero-order valence-electron chi connectivity index (χ0n) is 16.4. The number of rotatable bonds is 4. The van der Waals surface area contributed by atoms with E-state index in [0.29, 0.717) is 38.5 Å². The first kappa shape index (κ1) is 20.1. The molecule has 1 aliphatic heterocycles. The van der Waals surface area contributed by atoms with Crippen LogP contribution in [0.25, 0.3) is 0 Å². The second-order valence-corrected chi connectivity index (χ2v) is 8.05. The van der Waals surface area contributed by atoms with Crippen LogP contribution in [0, 0.1) is 12.3 Å². The van der Waals surface area contributed by atoms with Gasteiger partial charge in [0.1, 0.15) is 5.75 Å². The summed E-state index contributed by atoms with van der Waals surface area (Å²) in [5.74, 6) is 0.666. The zero-order valence-corrected chi connectivity index (χ0v) is 16.4. The van der Waals surface area contributed by atoms with E-state index in [0.717, 1.165) is 12.0 Å². The molecule has 1 aromatic carbocycles. The third-order valence-electron chi connectivity index (χ3n) is 4.26. The minimum absolute atomic E-state index is 0.0275. The summed E-state index contributed by atoms with van der Waals surface area (Å²) in [7, 11) is 0. The van der Waals surface area contributed by atoms with E-state index in [9.17, 15) is 9.59 Å². The molecule has 6 heteroatoms. The molecule has 0 bridgehead atoms. The highest BCUT2D eigenvalue weighted by molar-refractivity contribution is 5.78. The molecule has 1 fully saturated rings. The fourth-order valence-corrected chi connectivity index (χ4v) is 2.76. The van der Waals surface area contributed by atoms with Gasteiger partial charge in [0, 0.05) is 32.7 Å². The molecule has 2 rings (SSSR count). The van der Waals surface area contributed by atoms with Crippen LogP contribution in [0.4, 0.5) is 4.79 Å². The van der Waals surface area contributed by atoms with Crippen LogP contribution < -0.4 is 10.1 Å². The highest BCUT2D eigenvalue weighted by atomic mass is 16.5. The molecule has 0 atom stereocenters. The summed E-state index contributed by atoms with van der Waals surface area (Å²) in [5, 5.41) is 2.97. The summed E-state index contributed by atoms with van der Waals surface area (Å²) in [4.78, 5) is 28.3. The maximum atomic E-state index is 12.4. The van der Waals surface area contributed by atoms with Crippen LogP contribution in [0.3, 0.4) is 0 Å². The van der Waals surface area contributed by atoms with Crippen LogP contribution in [-0.2, 0) is 4.79 Å². The molecule has 26 heavy (non-hydrogen) atoms. The number of carbonyl (C=O) groups excluding carboxylic acids is 2. The Hall–Kier alpha value is -2.24. The lowest BCUT2D eigenvalue weighted by molar-refractivity contribution is -0.133. The quantitative estimate of drug-likeness (QED) is 0.897. The minimum atomic E-state index is -0.0507. The Bertz CT molecular complexity index is 625. The summed E-state index contributed by atoms with van der Waals surface area (Å²) < 4.78 is 5.61. The van der Waals surface area contributed by atoms with Gasteiger partial charge in [-0.25, -0.2) is 4.79 Å². The Kier molecular flexibility index (Phi) is 6.89. The Balaban J connectivity index is 1.79. The molecular weight excluding hydrogens is 330 g/mol. The Labute approximate surface area is 156 Å². The molecule has 1 N–H and O–H groups in total. The Morgan fingerprint density at radius 2 is 1.81 bits per heavy atom. The maximum Gasteiger partial charge on any atom is 0.317 e. The molecule has 144 valence electrons. The molecule has 0 unspecified atom stereocenters. The summed E-state index contributed by atoms with van der Waals surface area (Å²) in [6, 6.07) is 7.61. The molecule has 1 saturated heterocycles.